The van der Waals surface area contributed by atoms with Crippen LogP contribution in [-0.2, 0) is 5.21 Å². The van der Waals surface area contributed by atoms with Crippen molar-refractivity contribution < 1.29 is 10.0 Å². The molecule has 121 valence electrons. The Labute approximate surface area is 145 Å². The third-order valence-corrected chi connectivity index (χ3v) is 6.49. The Kier molecular flexibility index (Phi) is 4.11. The summed E-state index contributed by atoms with van der Waals surface area (Å²) in [4.78, 5) is 12.6. The summed E-state index contributed by atoms with van der Waals surface area (Å²) in [6.45, 7) is 5.76. The van der Waals surface area contributed by atoms with Crippen molar-refractivity contribution in [2.24, 2.45) is 0 Å². The smallest absolute Gasteiger partial charge is 0.179 e. The van der Waals surface area contributed by atoms with Crippen LogP contribution < -0.4 is 0 Å². The van der Waals surface area contributed by atoms with E-state index in [9.17, 15) is 10.0 Å². The van der Waals surface area contributed by atoms with Gasteiger partial charge >= 0.3 is 0 Å². The molecular formula is C19H21BrNO2. The number of fused-ring (bicyclic) bond motifs is 1. The molecule has 1 aliphatic heterocycles. The number of benzene rings is 2. The molecule has 0 aromatic heterocycles. The van der Waals surface area contributed by atoms with Gasteiger partial charge in [-0.05, 0) is 44.4 Å². The van der Waals surface area contributed by atoms with Crippen molar-refractivity contribution in [1.29, 1.82) is 0 Å². The Morgan fingerprint density at radius 3 is 2.39 bits per heavy atom. The molecule has 4 heteroatoms. The molecule has 1 fully saturated rings. The summed E-state index contributed by atoms with van der Waals surface area (Å²) in [6, 6.07) is 13.6. The maximum Gasteiger partial charge on any atom is 0.179 e. The molecule has 1 aliphatic rings. The highest BCUT2D eigenvalue weighted by Crippen LogP contribution is 2.44. The molecule has 1 saturated heterocycles. The van der Waals surface area contributed by atoms with Gasteiger partial charge in [-0.25, -0.2) is 0 Å². The average molecular weight is 375 g/mol. The molecule has 0 bridgehead atoms. The summed E-state index contributed by atoms with van der Waals surface area (Å²) in [5.41, 5.74) is -0.485. The van der Waals surface area contributed by atoms with Gasteiger partial charge in [0.05, 0.1) is 10.4 Å². The number of Topliss-reactive ketones (excluding diaryl/α,β-unsaturated/α-hetero) is 1. The van der Waals surface area contributed by atoms with E-state index in [2.05, 4.69) is 15.9 Å². The van der Waals surface area contributed by atoms with Crippen LogP contribution in [0.25, 0.3) is 10.8 Å². The number of rotatable bonds is 3. The number of halogens is 1. The van der Waals surface area contributed by atoms with E-state index in [1.807, 2.05) is 63.2 Å². The van der Waals surface area contributed by atoms with E-state index >= 15 is 0 Å². The van der Waals surface area contributed by atoms with E-state index in [1.165, 1.54) is 0 Å². The largest absolute Gasteiger partial charge is 0.293 e. The van der Waals surface area contributed by atoms with Crippen LogP contribution in [0, 0.1) is 0 Å². The van der Waals surface area contributed by atoms with Crippen molar-refractivity contribution >= 4 is 32.5 Å². The Morgan fingerprint density at radius 1 is 1.09 bits per heavy atom. The Bertz CT molecular complexity index is 753. The van der Waals surface area contributed by atoms with E-state index in [0.29, 0.717) is 12.0 Å². The van der Waals surface area contributed by atoms with Gasteiger partial charge < -0.3 is 0 Å². The van der Waals surface area contributed by atoms with E-state index in [0.717, 1.165) is 22.3 Å². The van der Waals surface area contributed by atoms with Crippen molar-refractivity contribution in [3.05, 3.63) is 48.0 Å². The normalized spacial score (nSPS) is 25.6. The van der Waals surface area contributed by atoms with Gasteiger partial charge in [-0.1, -0.05) is 58.4 Å². The first-order chi connectivity index (χ1) is 10.8. The van der Waals surface area contributed by atoms with Crippen molar-refractivity contribution in [2.45, 2.75) is 49.5 Å². The Hall–Kier alpha value is -1.23. The predicted molar refractivity (Wildman–Crippen MR) is 95.2 cm³/mol. The lowest BCUT2D eigenvalue weighted by atomic mass is 9.89. The lowest BCUT2D eigenvalue weighted by Gasteiger charge is -2.37. The summed E-state index contributed by atoms with van der Waals surface area (Å²) in [5.74, 6) is -0.0251. The minimum absolute atomic E-state index is 0.0251. The lowest BCUT2D eigenvalue weighted by molar-refractivity contribution is -0.246. The molecule has 0 spiro atoms. The number of hydrogen-bond donors (Lipinski definition) is 0. The lowest BCUT2D eigenvalue weighted by Crippen LogP contribution is -2.53. The highest BCUT2D eigenvalue weighted by Gasteiger charge is 2.54. The Balaban J connectivity index is 2.00. The zero-order valence-electron chi connectivity index (χ0n) is 13.7. The van der Waals surface area contributed by atoms with Gasteiger partial charge in [0.15, 0.2) is 5.78 Å². The molecule has 2 atom stereocenters. The maximum absolute atomic E-state index is 13.1. The van der Waals surface area contributed by atoms with Crippen LogP contribution in [0.4, 0.5) is 0 Å². The minimum Gasteiger partial charge on any atom is -0.293 e. The standard InChI is InChI=1S/C19H21BrNO2/c1-18(2)11-12-19(3,21(18)23)17(20)16(22)15-10-6-8-13-7-4-5-9-14(13)15/h4-10,17H,11-12H2,1-3H3. The topological polar surface area (TPSA) is 40.2 Å². The second-order valence-electron chi connectivity index (χ2n) is 7.22. The second-order valence-corrected chi connectivity index (χ2v) is 8.13. The van der Waals surface area contributed by atoms with Gasteiger partial charge in [-0.3, -0.25) is 4.79 Å². The van der Waals surface area contributed by atoms with Gasteiger partial charge in [-0.2, -0.15) is 0 Å². The molecule has 0 N–H and O–H groups in total. The third kappa shape index (κ3) is 2.63. The van der Waals surface area contributed by atoms with E-state index in [4.69, 9.17) is 0 Å². The first kappa shape index (κ1) is 16.6. The van der Waals surface area contributed by atoms with Crippen LogP contribution >= 0.6 is 15.9 Å². The van der Waals surface area contributed by atoms with Crippen LogP contribution in [0.1, 0.15) is 44.0 Å². The van der Waals surface area contributed by atoms with Crippen molar-refractivity contribution in [2.75, 3.05) is 0 Å². The quantitative estimate of drug-likeness (QED) is 0.573. The summed E-state index contributed by atoms with van der Waals surface area (Å²) < 4.78 is 0. The van der Waals surface area contributed by atoms with E-state index < -0.39 is 15.9 Å². The zero-order chi connectivity index (χ0) is 16.8. The first-order valence-corrected chi connectivity index (χ1v) is 8.82. The maximum atomic E-state index is 13.1. The van der Waals surface area contributed by atoms with Gasteiger partial charge in [0.1, 0.15) is 0 Å². The van der Waals surface area contributed by atoms with Crippen LogP contribution in [0.3, 0.4) is 0 Å². The molecule has 3 nitrogen and oxygen atoms in total. The molecular weight excluding hydrogens is 354 g/mol. The number of carbonyl (C=O) groups excluding carboxylic acids is 1. The number of hydroxylamine groups is 2. The molecule has 23 heavy (non-hydrogen) atoms. The molecule has 1 heterocycles. The van der Waals surface area contributed by atoms with Gasteiger partial charge in [0.2, 0.25) is 0 Å². The fourth-order valence-corrected chi connectivity index (χ4v) is 4.20. The summed E-state index contributed by atoms with van der Waals surface area (Å²) in [7, 11) is 0. The molecule has 3 rings (SSSR count). The SMILES string of the molecule is CC1(C)CCC(C)(C(Br)C(=O)c2cccc3ccccc23)N1[O]. The summed E-state index contributed by atoms with van der Waals surface area (Å²) >= 11 is 3.55. The average Bonchev–Trinajstić information content (AvgIpc) is 2.77. The predicted octanol–water partition coefficient (Wildman–Crippen LogP) is 4.76. The van der Waals surface area contributed by atoms with Gasteiger partial charge in [-0.15, -0.1) is 10.3 Å². The van der Waals surface area contributed by atoms with Crippen molar-refractivity contribution in [3.8, 4) is 0 Å². The highest BCUT2D eigenvalue weighted by atomic mass is 79.9. The molecule has 1 radical (unpaired) electrons. The second kappa shape index (κ2) is 5.69. The van der Waals surface area contributed by atoms with Gasteiger partial charge in [0.25, 0.3) is 0 Å². The first-order valence-electron chi connectivity index (χ1n) is 7.91. The summed E-state index contributed by atoms with van der Waals surface area (Å²) in [6.07, 6.45) is 1.49. The molecule has 0 aliphatic carbocycles. The minimum atomic E-state index is -0.725. The molecule has 0 amide bonds. The molecule has 2 aromatic rings. The number of hydrogen-bond acceptors (Lipinski definition) is 2. The molecule has 0 saturated carbocycles. The number of alkyl halides is 1. The zero-order valence-corrected chi connectivity index (χ0v) is 15.3. The van der Waals surface area contributed by atoms with Crippen molar-refractivity contribution in [3.63, 3.8) is 0 Å². The van der Waals surface area contributed by atoms with Gasteiger partial charge in [0, 0.05) is 11.1 Å². The van der Waals surface area contributed by atoms with E-state index in [-0.39, 0.29) is 5.78 Å². The monoisotopic (exact) mass is 374 g/mol. The van der Waals surface area contributed by atoms with Crippen LogP contribution in [0.15, 0.2) is 42.5 Å². The summed E-state index contributed by atoms with van der Waals surface area (Å²) in [5, 5.41) is 15.8. The highest BCUT2D eigenvalue weighted by molar-refractivity contribution is 9.10. The molecule has 2 unspecified atom stereocenters. The number of carbonyl (C=O) groups is 1. The van der Waals surface area contributed by atoms with Crippen LogP contribution in [0.2, 0.25) is 0 Å². The molecule has 2 aromatic carbocycles. The van der Waals surface area contributed by atoms with Crippen LogP contribution in [0.5, 0.6) is 0 Å². The van der Waals surface area contributed by atoms with Crippen molar-refractivity contribution in [1.82, 2.24) is 5.06 Å². The number of nitrogens with zero attached hydrogens (tertiary/aromatic N) is 1. The fourth-order valence-electron chi connectivity index (χ4n) is 3.54. The van der Waals surface area contributed by atoms with E-state index in [1.54, 1.807) is 0 Å². The number of ketones is 1. The fraction of sp³-hybridized carbons (Fsp3) is 0.421. The Morgan fingerprint density at radius 2 is 1.74 bits per heavy atom. The third-order valence-electron chi connectivity index (χ3n) is 5.09. The van der Waals surface area contributed by atoms with Crippen LogP contribution in [-0.4, -0.2) is 26.8 Å².